The molecule has 0 amide bonds. The van der Waals surface area contributed by atoms with E-state index in [1.165, 1.54) is 112 Å². The molecule has 2 aliphatic heterocycles. The van der Waals surface area contributed by atoms with Crippen LogP contribution in [0.3, 0.4) is 0 Å². The Hall–Kier alpha value is -6.35. The van der Waals surface area contributed by atoms with E-state index in [-0.39, 0.29) is 44.6 Å². The van der Waals surface area contributed by atoms with Gasteiger partial charge in [-0.05, 0) is 209 Å². The first-order valence-electron chi connectivity index (χ1n) is 29.1. The highest BCUT2D eigenvalue weighted by atomic mass is 32.1. The highest BCUT2D eigenvalue weighted by Crippen LogP contribution is 2.56. The third-order valence-corrected chi connectivity index (χ3v) is 21.4. The van der Waals surface area contributed by atoms with Crippen molar-refractivity contribution in [3.63, 3.8) is 0 Å². The number of benzene rings is 7. The Kier molecular flexibility index (Phi) is 11.0. The molecule has 5 aliphatic rings. The van der Waals surface area contributed by atoms with Crippen LogP contribution in [-0.4, -0.2) is 6.71 Å². The van der Waals surface area contributed by atoms with Crippen LogP contribution in [0.1, 0.15) is 181 Å². The second-order valence-corrected chi connectivity index (χ2v) is 30.3. The highest BCUT2D eigenvalue weighted by molar-refractivity contribution is 7.33. The summed E-state index contributed by atoms with van der Waals surface area (Å²) in [6, 6.07) is 50.0. The third-order valence-electron chi connectivity index (χ3n) is 20.2. The fourth-order valence-corrected chi connectivity index (χ4v) is 16.2. The van der Waals surface area contributed by atoms with Gasteiger partial charge >= 0.3 is 0 Å². The van der Waals surface area contributed by atoms with Gasteiger partial charge in [-0.2, -0.15) is 0 Å². The van der Waals surface area contributed by atoms with E-state index in [1.807, 2.05) is 12.1 Å². The molecule has 0 fully saturated rings. The van der Waals surface area contributed by atoms with Gasteiger partial charge in [0.05, 0.1) is 12.3 Å². The predicted molar refractivity (Wildman–Crippen MR) is 338 cm³/mol. The number of anilines is 6. The summed E-state index contributed by atoms with van der Waals surface area (Å²) in [6.45, 7) is 44.7. The van der Waals surface area contributed by atoms with Crippen LogP contribution in [0.25, 0.3) is 37.2 Å². The summed E-state index contributed by atoms with van der Waals surface area (Å²) >= 11 is 2.05. The maximum Gasteiger partial charge on any atom is 0.264 e. The molecule has 7 aromatic carbocycles. The molecule has 0 N–H and O–H groups in total. The average molecular weight is 1040 g/mol. The Balaban J connectivity index is 1.20. The minimum absolute atomic E-state index is 0.000890. The molecule has 0 bridgehead atoms. The van der Waals surface area contributed by atoms with Crippen molar-refractivity contribution < 1.29 is 0 Å². The second kappa shape index (κ2) is 16.8. The first kappa shape index (κ1) is 51.1. The summed E-state index contributed by atoms with van der Waals surface area (Å²) in [4.78, 5) is 9.33. The van der Waals surface area contributed by atoms with E-state index in [0.717, 1.165) is 47.9 Å². The van der Waals surface area contributed by atoms with E-state index in [2.05, 4.69) is 245 Å². The van der Waals surface area contributed by atoms with Crippen LogP contribution in [0.2, 0.25) is 0 Å². The molecule has 0 atom stereocenters. The Morgan fingerprint density at radius 1 is 0.474 bits per heavy atom. The maximum absolute atomic E-state index is 8.04. The van der Waals surface area contributed by atoms with Crippen molar-refractivity contribution in [3.05, 3.63) is 178 Å². The van der Waals surface area contributed by atoms with E-state index in [0.29, 0.717) is 5.69 Å². The molecule has 0 radical (unpaired) electrons. The molecule has 1 aromatic heterocycles. The zero-order valence-electron chi connectivity index (χ0n) is 49.2. The third kappa shape index (κ3) is 7.69. The van der Waals surface area contributed by atoms with Gasteiger partial charge in [-0.25, -0.2) is 4.85 Å². The zero-order chi connectivity index (χ0) is 55.0. The van der Waals surface area contributed by atoms with Crippen LogP contribution in [0.4, 0.5) is 39.8 Å². The lowest BCUT2D eigenvalue weighted by Gasteiger charge is -2.47. The number of hydrogen-bond donors (Lipinski definition) is 0. The van der Waals surface area contributed by atoms with Crippen molar-refractivity contribution in [1.82, 2.24) is 0 Å². The van der Waals surface area contributed by atoms with E-state index >= 15 is 0 Å². The summed E-state index contributed by atoms with van der Waals surface area (Å²) < 4.78 is 2.81. The van der Waals surface area contributed by atoms with E-state index in [9.17, 15) is 0 Å². The molecule has 3 heterocycles. The Morgan fingerprint density at radius 3 is 1.58 bits per heavy atom. The highest BCUT2D eigenvalue weighted by Gasteiger charge is 2.49. The van der Waals surface area contributed by atoms with Crippen molar-refractivity contribution in [1.29, 1.82) is 0 Å². The summed E-state index contributed by atoms with van der Waals surface area (Å²) in [6.07, 6.45) is 6.97. The standard InChI is InChI=1S/C73H78BN3S/c1-67(2,3)46-24-26-48(27-25-46)77-62-38-45(51-23-18-17-22-50(51)44-20-19-21-47(36-44)75-16)37-61-64(62)74(66-65(77)52-40-55-58(43-63(52)78-66)73(14,15)35-32-70(55,8)9)59-41-56-57(72(12,13)34-33-71(56,10)11)42-60(59)76(61)49-28-29-53-54(39-49)69(6,7)31-30-68(53,4)5/h17-29,36-43H,30-35H2,1-15H3. The van der Waals surface area contributed by atoms with Crippen LogP contribution >= 0.6 is 11.3 Å². The average Bonchev–Trinajstić information content (AvgIpc) is 3.16. The summed E-state index contributed by atoms with van der Waals surface area (Å²) in [7, 11) is 0. The van der Waals surface area contributed by atoms with E-state index < -0.39 is 0 Å². The van der Waals surface area contributed by atoms with Crippen LogP contribution < -0.4 is 25.5 Å². The Morgan fingerprint density at radius 2 is 0.987 bits per heavy atom. The number of nitrogens with zero attached hydrogens (tertiary/aromatic N) is 3. The molecule has 0 saturated carbocycles. The quantitative estimate of drug-likeness (QED) is 0.128. The number of thiophene rings is 1. The Bertz CT molecular complexity index is 3880. The minimum atomic E-state index is -0.0180. The van der Waals surface area contributed by atoms with Crippen LogP contribution in [0.15, 0.2) is 127 Å². The smallest absolute Gasteiger partial charge is 0.264 e. The first-order chi connectivity index (χ1) is 36.7. The molecule has 394 valence electrons. The van der Waals surface area contributed by atoms with Crippen LogP contribution in [0.5, 0.6) is 0 Å². The van der Waals surface area contributed by atoms with Gasteiger partial charge in [0.2, 0.25) is 0 Å². The maximum atomic E-state index is 8.04. The number of fused-ring (bicyclic) bond motifs is 9. The predicted octanol–water partition coefficient (Wildman–Crippen LogP) is 19.2. The van der Waals surface area contributed by atoms with Crippen LogP contribution in [-0.2, 0) is 37.9 Å². The zero-order valence-corrected chi connectivity index (χ0v) is 50.0. The van der Waals surface area contributed by atoms with E-state index in [1.54, 1.807) is 0 Å². The van der Waals surface area contributed by atoms with Crippen molar-refractivity contribution >= 4 is 83.6 Å². The normalized spacial score (nSPS) is 19.4. The van der Waals surface area contributed by atoms with Gasteiger partial charge in [0, 0.05) is 43.3 Å². The minimum Gasteiger partial charge on any atom is -0.311 e. The van der Waals surface area contributed by atoms with Crippen molar-refractivity contribution in [2.24, 2.45) is 0 Å². The molecule has 5 heteroatoms. The van der Waals surface area contributed by atoms with Gasteiger partial charge in [-0.3, -0.25) is 0 Å². The molecular formula is C73H78BN3S. The molecule has 8 aromatic rings. The van der Waals surface area contributed by atoms with Gasteiger partial charge in [0.25, 0.3) is 6.71 Å². The second-order valence-electron chi connectivity index (χ2n) is 29.2. The molecule has 0 spiro atoms. The molecule has 13 rings (SSSR count). The van der Waals surface area contributed by atoms with Gasteiger partial charge < -0.3 is 9.80 Å². The lowest BCUT2D eigenvalue weighted by molar-refractivity contribution is 0.332. The number of rotatable bonds is 4. The van der Waals surface area contributed by atoms with Crippen molar-refractivity contribution in [2.45, 2.75) is 180 Å². The van der Waals surface area contributed by atoms with Gasteiger partial charge in [-0.15, -0.1) is 11.3 Å². The van der Waals surface area contributed by atoms with Crippen molar-refractivity contribution in [3.8, 4) is 22.3 Å². The lowest BCUT2D eigenvalue weighted by Crippen LogP contribution is -2.61. The first-order valence-corrected chi connectivity index (χ1v) is 29.9. The summed E-state index contributed by atoms with van der Waals surface area (Å²) in [5.74, 6) is 0. The SMILES string of the molecule is [C-]#[N+]c1cccc(-c2ccccc2-c2cc3c4c(c2)N(c2ccc(C(C)(C)C)cc2)c2c(sc5cc6c(cc25)C(C)(C)CCC6(C)C)B4c2cc4c(cc2N3c2ccc3c(c2)C(C)(C)CCC3(C)C)C(C)(C)CCC4(C)C)c1. The number of hydrogen-bond acceptors (Lipinski definition) is 3. The monoisotopic (exact) mass is 1040 g/mol. The topological polar surface area (TPSA) is 10.8 Å². The van der Waals surface area contributed by atoms with E-state index in [4.69, 9.17) is 6.57 Å². The van der Waals surface area contributed by atoms with Crippen LogP contribution in [0, 0.1) is 6.57 Å². The molecule has 78 heavy (non-hydrogen) atoms. The fraction of sp³-hybridized carbons (Fsp3) is 0.384. The van der Waals surface area contributed by atoms with Gasteiger partial charge in [0.1, 0.15) is 0 Å². The largest absolute Gasteiger partial charge is 0.311 e. The molecular weight excluding hydrogens is 962 g/mol. The lowest BCUT2D eigenvalue weighted by atomic mass is 9.35. The summed E-state index contributed by atoms with van der Waals surface area (Å²) in [5, 5.41) is 1.36. The van der Waals surface area contributed by atoms with Crippen molar-refractivity contribution in [2.75, 3.05) is 9.80 Å². The molecule has 3 aliphatic carbocycles. The summed E-state index contributed by atoms with van der Waals surface area (Å²) in [5.41, 5.74) is 26.0. The fourth-order valence-electron chi connectivity index (χ4n) is 14.9. The van der Waals surface area contributed by atoms with Gasteiger partial charge in [0.15, 0.2) is 5.69 Å². The molecule has 0 unspecified atom stereocenters. The molecule has 0 saturated heterocycles. The van der Waals surface area contributed by atoms with Gasteiger partial charge in [-0.1, -0.05) is 171 Å². The Labute approximate surface area is 471 Å². The molecule has 3 nitrogen and oxygen atoms in total.